The van der Waals surface area contributed by atoms with E-state index in [9.17, 15) is 13.2 Å². The van der Waals surface area contributed by atoms with Crippen LogP contribution >= 0.6 is 56.7 Å². The monoisotopic (exact) mass is 500 g/mol. The Balaban J connectivity index is 0.00000242. The highest BCUT2D eigenvalue weighted by molar-refractivity contribution is 9.13. The first-order valence-electron chi connectivity index (χ1n) is 6.83. The van der Waals surface area contributed by atoms with Crippen molar-refractivity contribution in [1.82, 2.24) is 10.2 Å². The Hall–Kier alpha value is 0.470. The highest BCUT2D eigenvalue weighted by Gasteiger charge is 2.31. The fourth-order valence-corrected chi connectivity index (χ4v) is 3.22. The Morgan fingerprint density at radius 3 is 2.22 bits per heavy atom. The average molecular weight is 503 g/mol. The molecule has 1 heterocycles. The molecule has 1 N–H and O–H groups in total. The predicted octanol–water partition coefficient (Wildman–Crippen LogP) is 5.34. The summed E-state index contributed by atoms with van der Waals surface area (Å²) >= 11 is 6.82. The fraction of sp³-hybridized carbons (Fsp3) is 0.571. The lowest BCUT2D eigenvalue weighted by Crippen LogP contribution is -2.45. The average Bonchev–Trinajstić information content (AvgIpc) is 2.43. The van der Waals surface area contributed by atoms with Crippen molar-refractivity contribution in [3.63, 3.8) is 0 Å². The summed E-state index contributed by atoms with van der Waals surface area (Å²) in [5.74, 6) is 0. The standard InChI is InChI=1S/C14H17Br2F3N2.2ClH/c15-11-2-1-10(9-12(11)16)13(3-4-14(17,18)19)21-7-5-20-6-8-21;;/h1-2,9,13,20H,3-8H2;2*1H/t13-;;/m1../s1. The third-order valence-corrected chi connectivity index (χ3v) is 5.50. The van der Waals surface area contributed by atoms with Crippen LogP contribution in [0.3, 0.4) is 0 Å². The molecule has 1 aromatic carbocycles. The normalized spacial score (nSPS) is 17.1. The zero-order chi connectivity index (χ0) is 15.5. The van der Waals surface area contributed by atoms with Crippen LogP contribution in [0.25, 0.3) is 0 Å². The smallest absolute Gasteiger partial charge is 0.314 e. The van der Waals surface area contributed by atoms with Crippen LogP contribution in [0.5, 0.6) is 0 Å². The van der Waals surface area contributed by atoms with Crippen molar-refractivity contribution in [3.05, 3.63) is 32.7 Å². The summed E-state index contributed by atoms with van der Waals surface area (Å²) in [6.45, 7) is 3.19. The van der Waals surface area contributed by atoms with E-state index in [-0.39, 0.29) is 37.3 Å². The van der Waals surface area contributed by atoms with Gasteiger partial charge in [-0.15, -0.1) is 24.8 Å². The summed E-state index contributed by atoms with van der Waals surface area (Å²) in [6, 6.07) is 5.49. The van der Waals surface area contributed by atoms with Gasteiger partial charge in [0, 0.05) is 47.6 Å². The van der Waals surface area contributed by atoms with Crippen molar-refractivity contribution < 1.29 is 13.2 Å². The van der Waals surface area contributed by atoms with Crippen LogP contribution in [-0.4, -0.2) is 37.3 Å². The number of alkyl halides is 3. The minimum atomic E-state index is -4.11. The number of piperazine rings is 1. The quantitative estimate of drug-likeness (QED) is 0.597. The van der Waals surface area contributed by atoms with Crippen molar-refractivity contribution in [2.75, 3.05) is 26.2 Å². The van der Waals surface area contributed by atoms with Crippen LogP contribution in [0.2, 0.25) is 0 Å². The number of hydrogen-bond acceptors (Lipinski definition) is 2. The van der Waals surface area contributed by atoms with Gasteiger partial charge < -0.3 is 5.32 Å². The fourth-order valence-electron chi connectivity index (χ4n) is 2.57. The summed E-state index contributed by atoms with van der Waals surface area (Å²) < 4.78 is 39.6. The maximum atomic E-state index is 12.6. The molecule has 0 saturated carbocycles. The second kappa shape index (κ2) is 10.5. The molecule has 0 spiro atoms. The summed E-state index contributed by atoms with van der Waals surface area (Å²) in [6.07, 6.45) is -4.77. The van der Waals surface area contributed by atoms with Gasteiger partial charge in [0.05, 0.1) is 0 Å². The van der Waals surface area contributed by atoms with E-state index in [0.717, 1.165) is 40.7 Å². The third-order valence-electron chi connectivity index (χ3n) is 3.62. The van der Waals surface area contributed by atoms with Gasteiger partial charge in [0.1, 0.15) is 0 Å². The van der Waals surface area contributed by atoms with Crippen LogP contribution in [0.15, 0.2) is 27.1 Å². The molecule has 0 aromatic heterocycles. The molecule has 1 fully saturated rings. The van der Waals surface area contributed by atoms with Gasteiger partial charge in [0.2, 0.25) is 0 Å². The van der Waals surface area contributed by atoms with Crippen molar-refractivity contribution in [3.8, 4) is 0 Å². The molecule has 2 rings (SSSR count). The van der Waals surface area contributed by atoms with Gasteiger partial charge in [0.25, 0.3) is 0 Å². The minimum Gasteiger partial charge on any atom is -0.314 e. The molecule has 1 aromatic rings. The van der Waals surface area contributed by atoms with Crippen LogP contribution < -0.4 is 5.32 Å². The van der Waals surface area contributed by atoms with Gasteiger partial charge >= 0.3 is 6.18 Å². The number of halogens is 7. The zero-order valence-electron chi connectivity index (χ0n) is 12.2. The van der Waals surface area contributed by atoms with Crippen LogP contribution in [-0.2, 0) is 0 Å². The first kappa shape index (κ1) is 23.5. The Bertz CT molecular complexity index is 484. The first-order chi connectivity index (χ1) is 9.87. The van der Waals surface area contributed by atoms with Gasteiger partial charge in [-0.2, -0.15) is 13.2 Å². The molecule has 1 aliphatic rings. The third kappa shape index (κ3) is 7.48. The number of rotatable bonds is 4. The molecular formula is C14H19Br2Cl2F3N2. The van der Waals surface area contributed by atoms with Gasteiger partial charge in [-0.05, 0) is 56.0 Å². The van der Waals surface area contributed by atoms with Crippen molar-refractivity contribution in [2.24, 2.45) is 0 Å². The number of benzene rings is 1. The molecule has 1 aliphatic heterocycles. The summed E-state index contributed by atoms with van der Waals surface area (Å²) in [5, 5.41) is 3.23. The number of nitrogens with zero attached hydrogens (tertiary/aromatic N) is 1. The molecule has 1 atom stereocenters. The van der Waals surface area contributed by atoms with E-state index in [1.54, 1.807) is 0 Å². The Labute approximate surface area is 163 Å². The van der Waals surface area contributed by atoms with E-state index < -0.39 is 12.6 Å². The predicted molar refractivity (Wildman–Crippen MR) is 98.8 cm³/mol. The van der Waals surface area contributed by atoms with E-state index >= 15 is 0 Å². The molecule has 0 amide bonds. The second-order valence-electron chi connectivity index (χ2n) is 5.13. The zero-order valence-corrected chi connectivity index (χ0v) is 17.0. The molecule has 134 valence electrons. The Morgan fingerprint density at radius 2 is 1.70 bits per heavy atom. The van der Waals surface area contributed by atoms with E-state index in [1.807, 2.05) is 18.2 Å². The second-order valence-corrected chi connectivity index (χ2v) is 6.84. The molecule has 0 unspecified atom stereocenters. The highest BCUT2D eigenvalue weighted by atomic mass is 79.9. The van der Waals surface area contributed by atoms with Crippen LogP contribution in [0.1, 0.15) is 24.4 Å². The first-order valence-corrected chi connectivity index (χ1v) is 8.42. The van der Waals surface area contributed by atoms with Crippen molar-refractivity contribution in [1.29, 1.82) is 0 Å². The van der Waals surface area contributed by atoms with E-state index in [2.05, 4.69) is 42.1 Å². The summed E-state index contributed by atoms with van der Waals surface area (Å²) in [7, 11) is 0. The summed E-state index contributed by atoms with van der Waals surface area (Å²) in [4.78, 5) is 2.14. The molecule has 0 aliphatic carbocycles. The van der Waals surface area contributed by atoms with Gasteiger partial charge in [-0.25, -0.2) is 0 Å². The van der Waals surface area contributed by atoms with Crippen molar-refractivity contribution >= 4 is 56.7 Å². The Morgan fingerprint density at radius 1 is 1.09 bits per heavy atom. The highest BCUT2D eigenvalue weighted by Crippen LogP contribution is 2.34. The largest absolute Gasteiger partial charge is 0.389 e. The molecule has 0 bridgehead atoms. The molecule has 1 saturated heterocycles. The van der Waals surface area contributed by atoms with E-state index in [4.69, 9.17) is 0 Å². The number of nitrogens with one attached hydrogen (secondary N) is 1. The topological polar surface area (TPSA) is 15.3 Å². The van der Waals surface area contributed by atoms with Gasteiger partial charge in [-0.1, -0.05) is 6.07 Å². The van der Waals surface area contributed by atoms with Crippen LogP contribution in [0.4, 0.5) is 13.2 Å². The van der Waals surface area contributed by atoms with Crippen molar-refractivity contribution in [2.45, 2.75) is 25.1 Å². The van der Waals surface area contributed by atoms with E-state index in [0.29, 0.717) is 0 Å². The minimum absolute atomic E-state index is 0. The maximum absolute atomic E-state index is 12.6. The number of hydrogen-bond donors (Lipinski definition) is 1. The molecule has 2 nitrogen and oxygen atoms in total. The van der Waals surface area contributed by atoms with Gasteiger partial charge in [-0.3, -0.25) is 4.90 Å². The lowest BCUT2D eigenvalue weighted by Gasteiger charge is -2.35. The molecular weight excluding hydrogens is 484 g/mol. The maximum Gasteiger partial charge on any atom is 0.389 e. The SMILES string of the molecule is Cl.Cl.FC(F)(F)CC[C@H](c1ccc(Br)c(Br)c1)N1CCNCC1. The Kier molecular flexibility index (Phi) is 10.7. The summed E-state index contributed by atoms with van der Waals surface area (Å²) in [5.41, 5.74) is 0.927. The molecule has 23 heavy (non-hydrogen) atoms. The van der Waals surface area contributed by atoms with E-state index in [1.165, 1.54) is 0 Å². The van der Waals surface area contributed by atoms with Crippen LogP contribution in [0, 0.1) is 0 Å². The van der Waals surface area contributed by atoms with Gasteiger partial charge in [0.15, 0.2) is 0 Å². The lowest BCUT2D eigenvalue weighted by molar-refractivity contribution is -0.138. The molecule has 0 radical (unpaired) electrons. The lowest BCUT2D eigenvalue weighted by atomic mass is 9.99. The molecule has 9 heteroatoms.